The van der Waals surface area contributed by atoms with E-state index in [4.69, 9.17) is 0 Å². The van der Waals surface area contributed by atoms with Crippen molar-refractivity contribution in [3.63, 3.8) is 0 Å². The number of nitrogens with zero attached hydrogens (tertiary/aromatic N) is 3. The van der Waals surface area contributed by atoms with Crippen LogP contribution in [0, 0.1) is 5.92 Å². The Bertz CT molecular complexity index is 496. The van der Waals surface area contributed by atoms with Gasteiger partial charge in [0.1, 0.15) is 0 Å². The minimum absolute atomic E-state index is 0.838. The van der Waals surface area contributed by atoms with E-state index in [1.807, 2.05) is 0 Å². The lowest BCUT2D eigenvalue weighted by molar-refractivity contribution is 0.483. The second kappa shape index (κ2) is 6.55. The third kappa shape index (κ3) is 3.38. The van der Waals surface area contributed by atoms with Crippen LogP contribution in [0.5, 0.6) is 0 Å². The maximum atomic E-state index is 4.13. The van der Waals surface area contributed by atoms with Gasteiger partial charge in [0, 0.05) is 12.2 Å². The zero-order valence-electron chi connectivity index (χ0n) is 11.8. The molecule has 0 bridgehead atoms. The summed E-state index contributed by atoms with van der Waals surface area (Å²) in [4.78, 5) is 1.63. The fraction of sp³-hybridized carbons (Fsp3) is 0.500. The first-order valence-electron chi connectivity index (χ1n) is 7.62. The van der Waals surface area contributed by atoms with Crippen molar-refractivity contribution in [1.29, 1.82) is 0 Å². The highest BCUT2D eigenvalue weighted by Gasteiger charge is 2.11. The molecule has 1 N–H and O–H groups in total. The predicted molar refractivity (Wildman–Crippen MR) is 81.0 cm³/mol. The highest BCUT2D eigenvalue weighted by Crippen LogP contribution is 2.23. The molecule has 1 aliphatic carbocycles. The Morgan fingerprint density at radius 1 is 0.950 bits per heavy atom. The molecule has 1 heterocycles. The summed E-state index contributed by atoms with van der Waals surface area (Å²) in [5.41, 5.74) is 2.18. The lowest BCUT2D eigenvalue weighted by Gasteiger charge is -2.15. The quantitative estimate of drug-likeness (QED) is 0.862. The summed E-state index contributed by atoms with van der Waals surface area (Å²) in [5, 5.41) is 11.8. The van der Waals surface area contributed by atoms with Gasteiger partial charge in [-0.3, -0.25) is 0 Å². The van der Waals surface area contributed by atoms with Gasteiger partial charge in [0.05, 0.1) is 18.1 Å². The number of nitrogens with one attached hydrogen (secondary N) is 1. The molecule has 1 aromatic carbocycles. The summed E-state index contributed by atoms with van der Waals surface area (Å²) in [6, 6.07) is 8.32. The molecule has 1 saturated carbocycles. The van der Waals surface area contributed by atoms with E-state index < -0.39 is 0 Å². The van der Waals surface area contributed by atoms with Crippen molar-refractivity contribution in [2.24, 2.45) is 5.92 Å². The van der Waals surface area contributed by atoms with Gasteiger partial charge in [0.15, 0.2) is 0 Å². The molecule has 0 spiro atoms. The second-order valence-electron chi connectivity index (χ2n) is 5.60. The van der Waals surface area contributed by atoms with E-state index in [2.05, 4.69) is 39.8 Å². The monoisotopic (exact) mass is 270 g/mol. The minimum atomic E-state index is 0.838. The van der Waals surface area contributed by atoms with Crippen LogP contribution in [0.4, 0.5) is 5.69 Å². The van der Waals surface area contributed by atoms with Gasteiger partial charge in [0.2, 0.25) is 0 Å². The normalized spacial score (nSPS) is 16.8. The summed E-state index contributed by atoms with van der Waals surface area (Å²) < 4.78 is 0. The molecule has 1 aromatic heterocycles. The summed E-state index contributed by atoms with van der Waals surface area (Å²) in [5.74, 6) is 0.838. The fourth-order valence-electron chi connectivity index (χ4n) is 2.89. The van der Waals surface area contributed by atoms with Crippen LogP contribution in [0.1, 0.15) is 38.5 Å². The van der Waals surface area contributed by atoms with Gasteiger partial charge in [-0.1, -0.05) is 25.7 Å². The van der Waals surface area contributed by atoms with E-state index in [0.717, 1.165) is 18.2 Å². The topological polar surface area (TPSA) is 42.7 Å². The molecule has 0 unspecified atom stereocenters. The molecule has 1 fully saturated rings. The van der Waals surface area contributed by atoms with Crippen molar-refractivity contribution < 1.29 is 0 Å². The van der Waals surface area contributed by atoms with Crippen LogP contribution >= 0.6 is 0 Å². The SMILES string of the molecule is c1cnn(-c2ccc(NCC3CCCCCC3)cc2)n1. The van der Waals surface area contributed by atoms with Crippen LogP contribution in [0.2, 0.25) is 0 Å². The molecule has 20 heavy (non-hydrogen) atoms. The van der Waals surface area contributed by atoms with E-state index in [1.165, 1.54) is 44.2 Å². The first kappa shape index (κ1) is 13.2. The molecule has 3 rings (SSSR count). The minimum Gasteiger partial charge on any atom is -0.385 e. The van der Waals surface area contributed by atoms with Crippen molar-refractivity contribution in [2.75, 3.05) is 11.9 Å². The van der Waals surface area contributed by atoms with Gasteiger partial charge in [0.25, 0.3) is 0 Å². The Kier molecular flexibility index (Phi) is 4.31. The molecule has 1 aliphatic rings. The number of hydrogen-bond donors (Lipinski definition) is 1. The summed E-state index contributed by atoms with van der Waals surface area (Å²) in [6.07, 6.45) is 11.8. The van der Waals surface area contributed by atoms with Gasteiger partial charge < -0.3 is 5.32 Å². The van der Waals surface area contributed by atoms with E-state index in [-0.39, 0.29) is 0 Å². The van der Waals surface area contributed by atoms with Crippen LogP contribution in [-0.4, -0.2) is 21.5 Å². The van der Waals surface area contributed by atoms with Gasteiger partial charge in [-0.05, 0) is 43.0 Å². The maximum absolute atomic E-state index is 4.13. The Balaban J connectivity index is 1.55. The molecule has 0 atom stereocenters. The third-order valence-corrected chi connectivity index (χ3v) is 4.09. The Labute approximate surface area is 120 Å². The molecule has 0 aliphatic heterocycles. The number of hydrogen-bond acceptors (Lipinski definition) is 3. The smallest absolute Gasteiger partial charge is 0.0858 e. The zero-order chi connectivity index (χ0) is 13.6. The molecule has 2 aromatic rings. The number of rotatable bonds is 4. The zero-order valence-corrected chi connectivity index (χ0v) is 11.8. The van der Waals surface area contributed by atoms with Gasteiger partial charge >= 0.3 is 0 Å². The Hall–Kier alpha value is -1.84. The average molecular weight is 270 g/mol. The highest BCUT2D eigenvalue weighted by molar-refractivity contribution is 5.48. The van der Waals surface area contributed by atoms with Crippen molar-refractivity contribution in [3.05, 3.63) is 36.7 Å². The molecule has 0 saturated heterocycles. The molecule has 4 nitrogen and oxygen atoms in total. The molecule has 0 radical (unpaired) electrons. The van der Waals surface area contributed by atoms with Crippen LogP contribution in [0.15, 0.2) is 36.7 Å². The van der Waals surface area contributed by atoms with E-state index in [1.54, 1.807) is 17.2 Å². The predicted octanol–water partition coefficient (Wildman–Crippen LogP) is 3.65. The highest BCUT2D eigenvalue weighted by atomic mass is 15.5. The van der Waals surface area contributed by atoms with Gasteiger partial charge in [-0.25, -0.2) is 0 Å². The molecule has 4 heteroatoms. The van der Waals surface area contributed by atoms with E-state index in [9.17, 15) is 0 Å². The van der Waals surface area contributed by atoms with Gasteiger partial charge in [-0.15, -0.1) is 0 Å². The van der Waals surface area contributed by atoms with Crippen molar-refractivity contribution >= 4 is 5.69 Å². The number of anilines is 1. The largest absolute Gasteiger partial charge is 0.385 e. The summed E-state index contributed by atoms with van der Waals surface area (Å²) in [7, 11) is 0. The van der Waals surface area contributed by atoms with Crippen molar-refractivity contribution in [1.82, 2.24) is 15.0 Å². The van der Waals surface area contributed by atoms with Crippen LogP contribution in [0.3, 0.4) is 0 Å². The van der Waals surface area contributed by atoms with E-state index in [0.29, 0.717) is 0 Å². The van der Waals surface area contributed by atoms with Crippen molar-refractivity contribution in [3.8, 4) is 5.69 Å². The van der Waals surface area contributed by atoms with Crippen LogP contribution < -0.4 is 5.32 Å². The summed E-state index contributed by atoms with van der Waals surface area (Å²) >= 11 is 0. The number of aromatic nitrogens is 3. The average Bonchev–Trinajstić information content (AvgIpc) is 2.90. The number of benzene rings is 1. The lowest BCUT2D eigenvalue weighted by atomic mass is 10.0. The van der Waals surface area contributed by atoms with Gasteiger partial charge in [-0.2, -0.15) is 15.0 Å². The van der Waals surface area contributed by atoms with Crippen molar-refractivity contribution in [2.45, 2.75) is 38.5 Å². The van der Waals surface area contributed by atoms with E-state index >= 15 is 0 Å². The summed E-state index contributed by atoms with van der Waals surface area (Å²) in [6.45, 7) is 1.10. The maximum Gasteiger partial charge on any atom is 0.0858 e. The molecule has 0 amide bonds. The Morgan fingerprint density at radius 2 is 1.60 bits per heavy atom. The lowest BCUT2D eigenvalue weighted by Crippen LogP contribution is -2.13. The Morgan fingerprint density at radius 3 is 2.25 bits per heavy atom. The molecular formula is C16H22N4. The first-order chi connectivity index (χ1) is 9.92. The molecule has 106 valence electrons. The molecular weight excluding hydrogens is 248 g/mol. The third-order valence-electron chi connectivity index (χ3n) is 4.09. The first-order valence-corrected chi connectivity index (χ1v) is 7.62. The van der Waals surface area contributed by atoms with Crippen LogP contribution in [-0.2, 0) is 0 Å². The fourth-order valence-corrected chi connectivity index (χ4v) is 2.89. The van der Waals surface area contributed by atoms with Crippen LogP contribution in [0.25, 0.3) is 5.69 Å². The standard InChI is InChI=1S/C16H22N4/c1-2-4-6-14(5-3-1)13-17-15-7-9-16(10-8-15)20-18-11-12-19-20/h7-12,14,17H,1-6,13H2. The second-order valence-corrected chi connectivity index (χ2v) is 5.60.